The number of carbonyl (C=O) groups is 1. The number of aromatic nitrogens is 2. The van der Waals surface area contributed by atoms with Crippen LogP contribution in [0.5, 0.6) is 0 Å². The zero-order valence-corrected chi connectivity index (χ0v) is 15.7. The topological polar surface area (TPSA) is 88.2 Å². The molecule has 1 heterocycles. The number of benzene rings is 2. The third-order valence-electron chi connectivity index (χ3n) is 3.57. The van der Waals surface area contributed by atoms with Crippen molar-refractivity contribution >= 4 is 40.9 Å². The summed E-state index contributed by atoms with van der Waals surface area (Å²) in [4.78, 5) is 21.1. The van der Waals surface area contributed by atoms with Crippen LogP contribution in [0.15, 0.2) is 65.8 Å². The SMILES string of the molecule is CNSc1cccc(Nc2cc(Nc3ccc(C(=O)OC)cc3)ncn2)c1. The Balaban J connectivity index is 1.70. The van der Waals surface area contributed by atoms with Crippen molar-refractivity contribution in [2.75, 3.05) is 24.8 Å². The second kappa shape index (κ2) is 9.02. The Morgan fingerprint density at radius 1 is 0.963 bits per heavy atom. The van der Waals surface area contributed by atoms with Gasteiger partial charge in [0.05, 0.1) is 12.7 Å². The van der Waals surface area contributed by atoms with Gasteiger partial charge in [0, 0.05) is 22.3 Å². The number of nitrogens with one attached hydrogen (secondary N) is 3. The van der Waals surface area contributed by atoms with Crippen molar-refractivity contribution in [3.63, 3.8) is 0 Å². The Morgan fingerprint density at radius 2 is 1.67 bits per heavy atom. The first-order valence-electron chi connectivity index (χ1n) is 8.16. The fraction of sp³-hybridized carbons (Fsp3) is 0.105. The molecule has 0 saturated carbocycles. The maximum Gasteiger partial charge on any atom is 0.337 e. The maximum atomic E-state index is 11.5. The number of ether oxygens (including phenoxy) is 1. The Hall–Kier alpha value is -3.10. The molecule has 8 heteroatoms. The molecule has 0 saturated heterocycles. The van der Waals surface area contributed by atoms with E-state index in [1.165, 1.54) is 13.4 Å². The van der Waals surface area contributed by atoms with E-state index in [1.54, 1.807) is 36.2 Å². The standard InChI is InChI=1S/C19H19N5O2S/c1-20-27-16-5-3-4-15(10-16)24-18-11-17(21-12-22-18)23-14-8-6-13(7-9-14)19(25)26-2/h3-12,20H,1-2H3,(H2,21,22,23,24). The molecule has 0 atom stereocenters. The molecule has 3 aromatic rings. The second-order valence-corrected chi connectivity index (χ2v) is 6.53. The highest BCUT2D eigenvalue weighted by Crippen LogP contribution is 2.23. The van der Waals surface area contributed by atoms with Gasteiger partial charge in [0.15, 0.2) is 0 Å². The Kier molecular flexibility index (Phi) is 6.24. The van der Waals surface area contributed by atoms with Crippen molar-refractivity contribution in [3.05, 3.63) is 66.5 Å². The van der Waals surface area contributed by atoms with Gasteiger partial charge in [-0.15, -0.1) is 0 Å². The van der Waals surface area contributed by atoms with Gasteiger partial charge >= 0.3 is 5.97 Å². The Bertz CT molecular complexity index is 918. The maximum absolute atomic E-state index is 11.5. The van der Waals surface area contributed by atoms with Crippen LogP contribution in [0.4, 0.5) is 23.0 Å². The number of carbonyl (C=O) groups excluding carboxylic acids is 1. The summed E-state index contributed by atoms with van der Waals surface area (Å²) in [7, 11) is 3.24. The number of anilines is 4. The lowest BCUT2D eigenvalue weighted by atomic mass is 10.2. The van der Waals surface area contributed by atoms with E-state index in [2.05, 4.69) is 25.3 Å². The molecule has 2 aromatic carbocycles. The number of esters is 1. The molecule has 3 rings (SSSR count). The molecular formula is C19H19N5O2S. The minimum absolute atomic E-state index is 0.367. The van der Waals surface area contributed by atoms with E-state index in [-0.39, 0.29) is 5.97 Å². The van der Waals surface area contributed by atoms with Crippen molar-refractivity contribution in [2.45, 2.75) is 4.90 Å². The van der Waals surface area contributed by atoms with Crippen molar-refractivity contribution in [3.8, 4) is 0 Å². The summed E-state index contributed by atoms with van der Waals surface area (Å²) < 4.78 is 7.75. The molecule has 1 aromatic heterocycles. The summed E-state index contributed by atoms with van der Waals surface area (Å²) in [5.74, 6) is 0.943. The lowest BCUT2D eigenvalue weighted by Gasteiger charge is -2.10. The average molecular weight is 381 g/mol. The number of rotatable bonds is 7. The Morgan fingerprint density at radius 3 is 2.33 bits per heavy atom. The van der Waals surface area contributed by atoms with Gasteiger partial charge in [-0.25, -0.2) is 14.8 Å². The van der Waals surface area contributed by atoms with Gasteiger partial charge in [-0.2, -0.15) is 0 Å². The number of methoxy groups -OCH3 is 1. The van der Waals surface area contributed by atoms with Crippen LogP contribution in [0, 0.1) is 0 Å². The van der Waals surface area contributed by atoms with Gasteiger partial charge in [0.25, 0.3) is 0 Å². The molecule has 0 aliphatic rings. The van der Waals surface area contributed by atoms with E-state index >= 15 is 0 Å². The molecule has 27 heavy (non-hydrogen) atoms. The minimum Gasteiger partial charge on any atom is -0.465 e. The van der Waals surface area contributed by atoms with Crippen LogP contribution in [0.1, 0.15) is 10.4 Å². The van der Waals surface area contributed by atoms with Crippen LogP contribution in [-0.2, 0) is 4.74 Å². The van der Waals surface area contributed by atoms with E-state index in [0.717, 1.165) is 16.3 Å². The number of hydrogen-bond donors (Lipinski definition) is 3. The third kappa shape index (κ3) is 5.19. The average Bonchev–Trinajstić information content (AvgIpc) is 2.69. The van der Waals surface area contributed by atoms with Gasteiger partial charge in [-0.05, 0) is 61.5 Å². The van der Waals surface area contributed by atoms with E-state index in [1.807, 2.05) is 37.4 Å². The molecule has 0 bridgehead atoms. The van der Waals surface area contributed by atoms with E-state index in [4.69, 9.17) is 4.74 Å². The van der Waals surface area contributed by atoms with E-state index in [9.17, 15) is 4.79 Å². The normalized spacial score (nSPS) is 10.3. The highest BCUT2D eigenvalue weighted by Gasteiger charge is 2.05. The summed E-state index contributed by atoms with van der Waals surface area (Å²) in [6.45, 7) is 0. The summed E-state index contributed by atoms with van der Waals surface area (Å²) in [6.07, 6.45) is 1.49. The summed E-state index contributed by atoms with van der Waals surface area (Å²) in [5.41, 5.74) is 2.23. The molecular weight excluding hydrogens is 362 g/mol. The van der Waals surface area contributed by atoms with E-state index < -0.39 is 0 Å². The third-order valence-corrected chi connectivity index (χ3v) is 4.27. The molecule has 3 N–H and O–H groups in total. The predicted octanol–water partition coefficient (Wildman–Crippen LogP) is 3.98. The van der Waals surface area contributed by atoms with Crippen LogP contribution >= 0.6 is 11.9 Å². The van der Waals surface area contributed by atoms with Crippen molar-refractivity contribution in [1.82, 2.24) is 14.7 Å². The zero-order valence-electron chi connectivity index (χ0n) is 14.9. The Labute approximate surface area is 161 Å². The molecule has 0 aliphatic heterocycles. The molecule has 7 nitrogen and oxygen atoms in total. The smallest absolute Gasteiger partial charge is 0.337 e. The fourth-order valence-corrected chi connectivity index (χ4v) is 2.92. The van der Waals surface area contributed by atoms with Crippen LogP contribution < -0.4 is 15.4 Å². The zero-order chi connectivity index (χ0) is 19.1. The number of hydrogen-bond acceptors (Lipinski definition) is 8. The largest absolute Gasteiger partial charge is 0.465 e. The molecule has 0 radical (unpaired) electrons. The first-order chi connectivity index (χ1) is 13.2. The fourth-order valence-electron chi connectivity index (χ4n) is 2.35. The molecule has 0 fully saturated rings. The molecule has 0 spiro atoms. The number of nitrogens with zero attached hydrogens (tertiary/aromatic N) is 2. The van der Waals surface area contributed by atoms with E-state index in [0.29, 0.717) is 17.2 Å². The first kappa shape index (κ1) is 18.7. The minimum atomic E-state index is -0.367. The molecule has 138 valence electrons. The van der Waals surface area contributed by atoms with Gasteiger partial charge in [-0.3, -0.25) is 4.72 Å². The lowest BCUT2D eigenvalue weighted by molar-refractivity contribution is 0.0601. The quantitative estimate of drug-likeness (QED) is 0.418. The molecule has 0 amide bonds. The predicted molar refractivity (Wildman–Crippen MR) is 108 cm³/mol. The summed E-state index contributed by atoms with van der Waals surface area (Å²) >= 11 is 1.54. The van der Waals surface area contributed by atoms with Crippen LogP contribution in [0.25, 0.3) is 0 Å². The summed E-state index contributed by atoms with van der Waals surface area (Å²) in [5, 5.41) is 6.46. The van der Waals surface area contributed by atoms with Gasteiger partial charge < -0.3 is 15.4 Å². The first-order valence-corrected chi connectivity index (χ1v) is 8.97. The van der Waals surface area contributed by atoms with Crippen LogP contribution in [0.2, 0.25) is 0 Å². The van der Waals surface area contributed by atoms with Gasteiger partial charge in [0.1, 0.15) is 18.0 Å². The lowest BCUT2D eigenvalue weighted by Crippen LogP contribution is -2.01. The van der Waals surface area contributed by atoms with Crippen molar-refractivity contribution < 1.29 is 9.53 Å². The van der Waals surface area contributed by atoms with Crippen LogP contribution in [-0.4, -0.2) is 30.1 Å². The second-order valence-electron chi connectivity index (χ2n) is 5.44. The van der Waals surface area contributed by atoms with Crippen molar-refractivity contribution in [2.24, 2.45) is 0 Å². The van der Waals surface area contributed by atoms with Crippen molar-refractivity contribution in [1.29, 1.82) is 0 Å². The highest BCUT2D eigenvalue weighted by atomic mass is 32.2. The molecule has 0 aliphatic carbocycles. The summed E-state index contributed by atoms with van der Waals surface area (Å²) in [6, 6.07) is 16.8. The molecule has 0 unspecified atom stereocenters. The highest BCUT2D eigenvalue weighted by molar-refractivity contribution is 7.97. The van der Waals surface area contributed by atoms with Gasteiger partial charge in [0.2, 0.25) is 0 Å². The monoisotopic (exact) mass is 381 g/mol. The van der Waals surface area contributed by atoms with Gasteiger partial charge in [-0.1, -0.05) is 6.07 Å². The van der Waals surface area contributed by atoms with Crippen LogP contribution in [0.3, 0.4) is 0 Å².